The molecule has 12 heteroatoms. The summed E-state index contributed by atoms with van der Waals surface area (Å²) >= 11 is 0. The molecule has 0 fully saturated rings. The molecule has 0 spiro atoms. The number of rotatable bonds is 16. The molecule has 0 N–H and O–H groups in total. The molecule has 0 unspecified atom stereocenters. The van der Waals surface area contributed by atoms with E-state index in [2.05, 4.69) is 4.74 Å². The molecular formula is C14H23F5O7. The minimum atomic E-state index is -5.99. The van der Waals surface area contributed by atoms with Crippen molar-refractivity contribution in [1.29, 1.82) is 0 Å². The Labute approximate surface area is 147 Å². The van der Waals surface area contributed by atoms with Crippen molar-refractivity contribution in [1.82, 2.24) is 0 Å². The van der Waals surface area contributed by atoms with Crippen molar-refractivity contribution < 1.29 is 55.2 Å². The van der Waals surface area contributed by atoms with Crippen LogP contribution in [0.4, 0.5) is 22.0 Å². The van der Waals surface area contributed by atoms with Crippen molar-refractivity contribution in [3.05, 3.63) is 0 Å². The first-order valence-electron chi connectivity index (χ1n) is 7.65. The molecule has 0 aromatic rings. The van der Waals surface area contributed by atoms with Crippen LogP contribution in [0.2, 0.25) is 0 Å². The van der Waals surface area contributed by atoms with Gasteiger partial charge >= 0.3 is 18.1 Å². The van der Waals surface area contributed by atoms with Crippen LogP contribution < -0.4 is 0 Å². The first kappa shape index (κ1) is 24.9. The molecule has 7 nitrogen and oxygen atoms in total. The lowest BCUT2D eigenvalue weighted by Gasteiger charge is -2.17. The van der Waals surface area contributed by atoms with E-state index in [0.717, 1.165) is 0 Å². The topological polar surface area (TPSA) is 72.5 Å². The molecule has 0 heterocycles. The quantitative estimate of drug-likeness (QED) is 0.221. The molecule has 0 bridgehead atoms. The van der Waals surface area contributed by atoms with Gasteiger partial charge in [0, 0.05) is 7.11 Å². The second-order valence-corrected chi connectivity index (χ2v) is 4.65. The van der Waals surface area contributed by atoms with Gasteiger partial charge in [-0.05, 0) is 0 Å². The highest BCUT2D eigenvalue weighted by Crippen LogP contribution is 2.36. The van der Waals surface area contributed by atoms with Crippen molar-refractivity contribution in [3.8, 4) is 0 Å². The standard InChI is InChI=1S/C14H23F5O7/c1-21-2-3-22-4-5-23-6-7-24-8-9-25-10-11-26-12(20)13(15,16)14(17,18)19/h2-11H2,1H3. The number of alkyl halides is 5. The summed E-state index contributed by atoms with van der Waals surface area (Å²) < 4.78 is 89.6. The summed E-state index contributed by atoms with van der Waals surface area (Å²) in [6, 6.07) is 0. The fraction of sp³-hybridized carbons (Fsp3) is 0.929. The number of methoxy groups -OCH3 is 1. The molecule has 0 aliphatic heterocycles. The van der Waals surface area contributed by atoms with Crippen LogP contribution in [-0.2, 0) is 33.2 Å². The summed E-state index contributed by atoms with van der Waals surface area (Å²) in [5.41, 5.74) is 0. The SMILES string of the molecule is COCCOCCOCCOCCOCCOC(=O)C(F)(F)C(F)(F)F. The molecule has 0 aliphatic carbocycles. The van der Waals surface area contributed by atoms with E-state index in [1.54, 1.807) is 7.11 Å². The van der Waals surface area contributed by atoms with Gasteiger partial charge in [0.05, 0.1) is 59.5 Å². The van der Waals surface area contributed by atoms with Gasteiger partial charge in [0.1, 0.15) is 6.61 Å². The lowest BCUT2D eigenvalue weighted by Crippen LogP contribution is -2.45. The molecule has 0 saturated carbocycles. The maximum absolute atomic E-state index is 12.5. The molecule has 0 atom stereocenters. The first-order chi connectivity index (χ1) is 12.2. The smallest absolute Gasteiger partial charge is 0.459 e. The highest BCUT2D eigenvalue weighted by Gasteiger charge is 2.64. The molecule has 0 aromatic carbocycles. The summed E-state index contributed by atoms with van der Waals surface area (Å²) in [6.45, 7) is 1.58. The van der Waals surface area contributed by atoms with Crippen LogP contribution >= 0.6 is 0 Å². The lowest BCUT2D eigenvalue weighted by molar-refractivity contribution is -0.280. The highest BCUT2D eigenvalue weighted by molar-refractivity contribution is 5.78. The monoisotopic (exact) mass is 398 g/mol. The van der Waals surface area contributed by atoms with E-state index in [4.69, 9.17) is 23.7 Å². The summed E-state index contributed by atoms with van der Waals surface area (Å²) in [4.78, 5) is 10.6. The maximum atomic E-state index is 12.5. The van der Waals surface area contributed by atoms with E-state index in [9.17, 15) is 26.7 Å². The van der Waals surface area contributed by atoms with E-state index in [1.165, 1.54) is 0 Å². The molecule has 0 radical (unpaired) electrons. The Morgan fingerprint density at radius 2 is 1.00 bits per heavy atom. The molecule has 0 rings (SSSR count). The zero-order valence-corrected chi connectivity index (χ0v) is 14.3. The fourth-order valence-corrected chi connectivity index (χ4v) is 1.30. The molecule has 26 heavy (non-hydrogen) atoms. The van der Waals surface area contributed by atoms with E-state index in [-0.39, 0.29) is 26.4 Å². The number of carbonyl (C=O) groups excluding carboxylic acids is 1. The van der Waals surface area contributed by atoms with Crippen LogP contribution in [0.15, 0.2) is 0 Å². The minimum Gasteiger partial charge on any atom is -0.459 e. The summed E-state index contributed by atoms with van der Waals surface area (Å²) in [7, 11) is 1.57. The van der Waals surface area contributed by atoms with Gasteiger partial charge in [0.15, 0.2) is 0 Å². The molecule has 0 aromatic heterocycles. The number of hydrogen-bond acceptors (Lipinski definition) is 7. The van der Waals surface area contributed by atoms with E-state index in [1.807, 2.05) is 0 Å². The Hall–Kier alpha value is -1.08. The van der Waals surface area contributed by atoms with Gasteiger partial charge in [-0.3, -0.25) is 0 Å². The van der Waals surface area contributed by atoms with Gasteiger partial charge < -0.3 is 28.4 Å². The van der Waals surface area contributed by atoms with Crippen LogP contribution in [0.3, 0.4) is 0 Å². The van der Waals surface area contributed by atoms with Crippen molar-refractivity contribution in [3.63, 3.8) is 0 Å². The Morgan fingerprint density at radius 3 is 1.35 bits per heavy atom. The van der Waals surface area contributed by atoms with Crippen molar-refractivity contribution in [2.75, 3.05) is 73.2 Å². The number of esters is 1. The number of ether oxygens (including phenoxy) is 6. The minimum absolute atomic E-state index is 0.0490. The summed E-state index contributed by atoms with van der Waals surface area (Å²) in [6.07, 6.45) is -5.99. The summed E-state index contributed by atoms with van der Waals surface area (Å²) in [5, 5.41) is 0. The molecule has 156 valence electrons. The maximum Gasteiger partial charge on any atom is 0.465 e. The van der Waals surface area contributed by atoms with Gasteiger partial charge in [-0.2, -0.15) is 22.0 Å². The molecule has 0 saturated heterocycles. The highest BCUT2D eigenvalue weighted by atomic mass is 19.4. The normalized spacial score (nSPS) is 12.4. The van der Waals surface area contributed by atoms with E-state index < -0.39 is 24.7 Å². The van der Waals surface area contributed by atoms with E-state index >= 15 is 0 Å². The predicted octanol–water partition coefficient (Wildman–Crippen LogP) is 1.44. The third kappa shape index (κ3) is 11.5. The molecular weight excluding hydrogens is 375 g/mol. The van der Waals surface area contributed by atoms with Gasteiger partial charge in [0.2, 0.25) is 0 Å². The Kier molecular flexibility index (Phi) is 13.5. The van der Waals surface area contributed by atoms with Crippen molar-refractivity contribution >= 4 is 5.97 Å². The van der Waals surface area contributed by atoms with Crippen LogP contribution in [-0.4, -0.2) is 91.2 Å². The lowest BCUT2D eigenvalue weighted by atomic mass is 10.3. The Bertz CT molecular complexity index is 366. The van der Waals surface area contributed by atoms with Crippen LogP contribution in [0.25, 0.3) is 0 Å². The Morgan fingerprint density at radius 1 is 0.654 bits per heavy atom. The number of carbonyl (C=O) groups is 1. The number of halogens is 5. The second-order valence-electron chi connectivity index (χ2n) is 4.65. The van der Waals surface area contributed by atoms with Gasteiger partial charge in [-0.1, -0.05) is 0 Å². The van der Waals surface area contributed by atoms with Crippen LogP contribution in [0.1, 0.15) is 0 Å². The number of hydrogen-bond donors (Lipinski definition) is 0. The van der Waals surface area contributed by atoms with Gasteiger partial charge in [0.25, 0.3) is 0 Å². The van der Waals surface area contributed by atoms with Gasteiger partial charge in [-0.25, -0.2) is 4.79 Å². The largest absolute Gasteiger partial charge is 0.465 e. The van der Waals surface area contributed by atoms with Crippen LogP contribution in [0.5, 0.6) is 0 Å². The van der Waals surface area contributed by atoms with E-state index in [0.29, 0.717) is 33.0 Å². The predicted molar refractivity (Wildman–Crippen MR) is 77.1 cm³/mol. The zero-order chi connectivity index (χ0) is 19.9. The van der Waals surface area contributed by atoms with Crippen molar-refractivity contribution in [2.45, 2.75) is 12.1 Å². The third-order valence-corrected chi connectivity index (χ3v) is 2.62. The molecule has 0 aliphatic rings. The summed E-state index contributed by atoms with van der Waals surface area (Å²) in [5.74, 6) is -8.20. The molecule has 0 amide bonds. The fourth-order valence-electron chi connectivity index (χ4n) is 1.30. The second kappa shape index (κ2) is 14.0. The first-order valence-corrected chi connectivity index (χ1v) is 7.65. The van der Waals surface area contributed by atoms with Crippen LogP contribution in [0, 0.1) is 0 Å². The van der Waals surface area contributed by atoms with Crippen molar-refractivity contribution in [2.24, 2.45) is 0 Å². The van der Waals surface area contributed by atoms with Gasteiger partial charge in [-0.15, -0.1) is 0 Å². The average molecular weight is 398 g/mol. The third-order valence-electron chi connectivity index (χ3n) is 2.62. The average Bonchev–Trinajstić information content (AvgIpc) is 2.57. The zero-order valence-electron chi connectivity index (χ0n) is 14.3. The Balaban J connectivity index is 3.38.